The molecule has 0 radical (unpaired) electrons. The molecule has 0 aliphatic carbocycles. The molecule has 2 heterocycles. The summed E-state index contributed by atoms with van der Waals surface area (Å²) < 4.78 is 18.1. The fourth-order valence-electron chi connectivity index (χ4n) is 2.74. The maximum atomic E-state index is 12.9. The van der Waals surface area contributed by atoms with E-state index in [4.69, 9.17) is 4.52 Å². The molecule has 0 unspecified atom stereocenters. The van der Waals surface area contributed by atoms with Crippen LogP contribution in [-0.4, -0.2) is 29.1 Å². The van der Waals surface area contributed by atoms with Crippen LogP contribution in [0.25, 0.3) is 0 Å². The zero-order valence-electron chi connectivity index (χ0n) is 12.4. The van der Waals surface area contributed by atoms with Gasteiger partial charge in [-0.15, -0.1) is 0 Å². The Kier molecular flexibility index (Phi) is 4.51. The molecule has 3 rings (SSSR count). The predicted octanol–water partition coefficient (Wildman–Crippen LogP) is 3.42. The third-order valence-corrected chi connectivity index (χ3v) is 3.96. The van der Waals surface area contributed by atoms with Crippen molar-refractivity contribution in [2.75, 3.05) is 13.1 Å². The maximum absolute atomic E-state index is 12.9. The van der Waals surface area contributed by atoms with Gasteiger partial charge in [0.15, 0.2) is 0 Å². The Hall–Kier alpha value is -2.17. The van der Waals surface area contributed by atoms with E-state index in [0.29, 0.717) is 17.9 Å². The molecule has 1 aromatic heterocycles. The Labute approximate surface area is 128 Å². The predicted molar refractivity (Wildman–Crippen MR) is 80.1 cm³/mol. The van der Waals surface area contributed by atoms with Crippen LogP contribution in [0, 0.1) is 5.82 Å². The third-order valence-electron chi connectivity index (χ3n) is 3.96. The summed E-state index contributed by atoms with van der Waals surface area (Å²) in [4.78, 5) is 14.2. The first-order valence-corrected chi connectivity index (χ1v) is 7.72. The number of aromatic nitrogens is 1. The van der Waals surface area contributed by atoms with Gasteiger partial charge in [0.2, 0.25) is 5.76 Å². The smallest absolute Gasteiger partial charge is 0.292 e. The molecular formula is C17H19FN2O2. The Balaban J connectivity index is 1.67. The van der Waals surface area contributed by atoms with E-state index in [2.05, 4.69) is 5.16 Å². The monoisotopic (exact) mass is 302 g/mol. The van der Waals surface area contributed by atoms with Crippen LogP contribution in [-0.2, 0) is 6.42 Å². The number of hydrogen-bond acceptors (Lipinski definition) is 3. The SMILES string of the molecule is O=C(c1cc(Cc2ccc(F)cc2)no1)N1CCCCCC1. The van der Waals surface area contributed by atoms with Gasteiger partial charge in [-0.25, -0.2) is 4.39 Å². The molecule has 0 atom stereocenters. The Morgan fingerprint density at radius 1 is 1.14 bits per heavy atom. The molecule has 0 bridgehead atoms. The molecule has 1 saturated heterocycles. The standard InChI is InChI=1S/C17H19FN2O2/c18-14-7-5-13(6-8-14)11-15-12-16(22-19-15)17(21)20-9-3-1-2-4-10-20/h5-8,12H,1-4,9-11H2. The van der Waals surface area contributed by atoms with Crippen molar-refractivity contribution in [1.82, 2.24) is 10.1 Å². The average molecular weight is 302 g/mol. The second-order valence-corrected chi connectivity index (χ2v) is 5.69. The molecule has 0 N–H and O–H groups in total. The number of carbonyl (C=O) groups is 1. The minimum Gasteiger partial charge on any atom is -0.351 e. The fourth-order valence-corrected chi connectivity index (χ4v) is 2.74. The number of carbonyl (C=O) groups excluding carboxylic acids is 1. The minimum atomic E-state index is -0.263. The summed E-state index contributed by atoms with van der Waals surface area (Å²) in [7, 11) is 0. The van der Waals surface area contributed by atoms with E-state index < -0.39 is 0 Å². The molecule has 0 spiro atoms. The minimum absolute atomic E-state index is 0.0836. The Bertz CT molecular complexity index is 628. The van der Waals surface area contributed by atoms with Gasteiger partial charge in [-0.1, -0.05) is 30.1 Å². The van der Waals surface area contributed by atoms with Crippen LogP contribution in [0.15, 0.2) is 34.9 Å². The summed E-state index contributed by atoms with van der Waals surface area (Å²) in [5, 5.41) is 3.96. The first kappa shape index (κ1) is 14.8. The van der Waals surface area contributed by atoms with Crippen molar-refractivity contribution in [2.45, 2.75) is 32.1 Å². The van der Waals surface area contributed by atoms with Gasteiger partial charge in [0, 0.05) is 25.6 Å². The molecule has 22 heavy (non-hydrogen) atoms. The van der Waals surface area contributed by atoms with E-state index in [1.807, 2.05) is 4.90 Å². The van der Waals surface area contributed by atoms with Crippen molar-refractivity contribution < 1.29 is 13.7 Å². The molecule has 5 heteroatoms. The Morgan fingerprint density at radius 3 is 2.50 bits per heavy atom. The summed E-state index contributed by atoms with van der Waals surface area (Å²) >= 11 is 0. The van der Waals surface area contributed by atoms with Gasteiger partial charge in [0.05, 0.1) is 5.69 Å². The number of hydrogen-bond donors (Lipinski definition) is 0. The van der Waals surface area contributed by atoms with Crippen LogP contribution in [0.1, 0.15) is 47.5 Å². The average Bonchev–Trinajstić information content (AvgIpc) is 2.82. The first-order chi connectivity index (χ1) is 10.7. The van der Waals surface area contributed by atoms with Crippen LogP contribution < -0.4 is 0 Å². The first-order valence-electron chi connectivity index (χ1n) is 7.72. The number of halogens is 1. The maximum Gasteiger partial charge on any atom is 0.292 e. The highest BCUT2D eigenvalue weighted by molar-refractivity contribution is 5.91. The largest absolute Gasteiger partial charge is 0.351 e. The van der Waals surface area contributed by atoms with Crippen LogP contribution in [0.2, 0.25) is 0 Å². The van der Waals surface area contributed by atoms with Crippen molar-refractivity contribution >= 4 is 5.91 Å². The van der Waals surface area contributed by atoms with Gasteiger partial charge >= 0.3 is 0 Å². The van der Waals surface area contributed by atoms with Gasteiger partial charge < -0.3 is 9.42 Å². The molecule has 1 amide bonds. The van der Waals surface area contributed by atoms with Crippen molar-refractivity contribution in [3.05, 3.63) is 53.2 Å². The lowest BCUT2D eigenvalue weighted by molar-refractivity contribution is 0.0719. The molecule has 1 fully saturated rings. The van der Waals surface area contributed by atoms with Crippen molar-refractivity contribution in [1.29, 1.82) is 0 Å². The highest BCUT2D eigenvalue weighted by Crippen LogP contribution is 2.16. The molecule has 116 valence electrons. The van der Waals surface area contributed by atoms with E-state index in [1.165, 1.54) is 25.0 Å². The number of nitrogens with zero attached hydrogens (tertiary/aromatic N) is 2. The van der Waals surface area contributed by atoms with Crippen LogP contribution in [0.5, 0.6) is 0 Å². The molecular weight excluding hydrogens is 283 g/mol. The van der Waals surface area contributed by atoms with E-state index in [9.17, 15) is 9.18 Å². The highest BCUT2D eigenvalue weighted by atomic mass is 19.1. The van der Waals surface area contributed by atoms with Crippen molar-refractivity contribution in [2.24, 2.45) is 0 Å². The van der Waals surface area contributed by atoms with Gasteiger partial charge in [-0.2, -0.15) is 0 Å². The second kappa shape index (κ2) is 6.73. The van der Waals surface area contributed by atoms with Gasteiger partial charge in [0.25, 0.3) is 5.91 Å². The number of rotatable bonds is 3. The lowest BCUT2D eigenvalue weighted by atomic mass is 10.1. The van der Waals surface area contributed by atoms with E-state index >= 15 is 0 Å². The Morgan fingerprint density at radius 2 is 1.82 bits per heavy atom. The van der Waals surface area contributed by atoms with Crippen molar-refractivity contribution in [3.63, 3.8) is 0 Å². The third kappa shape index (κ3) is 3.53. The second-order valence-electron chi connectivity index (χ2n) is 5.69. The van der Waals surface area contributed by atoms with Gasteiger partial charge in [-0.05, 0) is 30.5 Å². The fraction of sp³-hybridized carbons (Fsp3) is 0.412. The summed E-state index contributed by atoms with van der Waals surface area (Å²) in [5.74, 6) is -0.0558. The van der Waals surface area contributed by atoms with E-state index in [0.717, 1.165) is 31.5 Å². The summed E-state index contributed by atoms with van der Waals surface area (Å²) in [6, 6.07) is 7.94. The zero-order valence-corrected chi connectivity index (χ0v) is 12.4. The normalized spacial score (nSPS) is 15.6. The molecule has 4 nitrogen and oxygen atoms in total. The number of benzene rings is 1. The molecule has 2 aromatic rings. The molecule has 1 aromatic carbocycles. The van der Waals surface area contributed by atoms with E-state index in [1.54, 1.807) is 18.2 Å². The lowest BCUT2D eigenvalue weighted by Crippen LogP contribution is -2.31. The molecule has 0 saturated carbocycles. The zero-order chi connectivity index (χ0) is 15.4. The van der Waals surface area contributed by atoms with Gasteiger partial charge in [-0.3, -0.25) is 4.79 Å². The van der Waals surface area contributed by atoms with Gasteiger partial charge in [0.1, 0.15) is 5.82 Å². The molecule has 1 aliphatic heterocycles. The van der Waals surface area contributed by atoms with Crippen LogP contribution in [0.4, 0.5) is 4.39 Å². The summed E-state index contributed by atoms with van der Waals surface area (Å²) in [6.07, 6.45) is 4.97. The highest BCUT2D eigenvalue weighted by Gasteiger charge is 2.21. The van der Waals surface area contributed by atoms with Crippen molar-refractivity contribution in [3.8, 4) is 0 Å². The lowest BCUT2D eigenvalue weighted by Gasteiger charge is -2.18. The van der Waals surface area contributed by atoms with E-state index in [-0.39, 0.29) is 11.7 Å². The molecule has 1 aliphatic rings. The summed E-state index contributed by atoms with van der Waals surface area (Å²) in [5.41, 5.74) is 1.62. The van der Waals surface area contributed by atoms with Crippen LogP contribution in [0.3, 0.4) is 0 Å². The van der Waals surface area contributed by atoms with Crippen LogP contribution >= 0.6 is 0 Å². The number of likely N-dealkylation sites (tertiary alicyclic amines) is 1. The summed E-state index contributed by atoms with van der Waals surface area (Å²) in [6.45, 7) is 1.57. The topological polar surface area (TPSA) is 46.3 Å². The quantitative estimate of drug-likeness (QED) is 0.872. The number of amides is 1.